The van der Waals surface area contributed by atoms with Gasteiger partial charge in [0.25, 0.3) is 5.91 Å². The normalized spacial score (nSPS) is 13.7. The molecule has 0 saturated carbocycles. The Morgan fingerprint density at radius 3 is 2.81 bits per heavy atom. The van der Waals surface area contributed by atoms with Crippen molar-refractivity contribution in [3.63, 3.8) is 0 Å². The lowest BCUT2D eigenvalue weighted by atomic mass is 10.2. The molecule has 0 spiro atoms. The summed E-state index contributed by atoms with van der Waals surface area (Å²) in [5.74, 6) is -0.152. The summed E-state index contributed by atoms with van der Waals surface area (Å²) in [6, 6.07) is 10.6. The van der Waals surface area contributed by atoms with Gasteiger partial charge in [0, 0.05) is 38.2 Å². The summed E-state index contributed by atoms with van der Waals surface area (Å²) in [5, 5.41) is 5.44. The zero-order valence-corrected chi connectivity index (χ0v) is 14.4. The maximum atomic E-state index is 12.0. The number of nitrogens with one attached hydrogen (secondary N) is 2. The van der Waals surface area contributed by atoms with Gasteiger partial charge in [-0.2, -0.15) is 0 Å². The number of anilines is 1. The van der Waals surface area contributed by atoms with Crippen LogP contribution in [0.1, 0.15) is 35.4 Å². The molecule has 1 fully saturated rings. The molecule has 1 saturated heterocycles. The number of benzene rings is 1. The van der Waals surface area contributed by atoms with Crippen LogP contribution in [0.3, 0.4) is 0 Å². The predicted molar refractivity (Wildman–Crippen MR) is 95.4 cm³/mol. The van der Waals surface area contributed by atoms with Crippen LogP contribution in [0.2, 0.25) is 0 Å². The molecule has 0 unspecified atom stereocenters. The van der Waals surface area contributed by atoms with Gasteiger partial charge in [-0.05, 0) is 36.2 Å². The number of hydrogen-bond donors (Lipinski definition) is 2. The zero-order valence-electron chi connectivity index (χ0n) is 14.4. The van der Waals surface area contributed by atoms with Crippen LogP contribution in [0, 0.1) is 0 Å². The van der Waals surface area contributed by atoms with E-state index in [-0.39, 0.29) is 36.4 Å². The Morgan fingerprint density at radius 2 is 2.08 bits per heavy atom. The van der Waals surface area contributed by atoms with Crippen LogP contribution in [0.15, 0.2) is 47.1 Å². The van der Waals surface area contributed by atoms with E-state index < -0.39 is 0 Å². The number of furan rings is 1. The summed E-state index contributed by atoms with van der Waals surface area (Å²) in [6.07, 6.45) is 3.09. The highest BCUT2D eigenvalue weighted by molar-refractivity contribution is 5.93. The molecule has 3 rings (SSSR count). The molecule has 0 bridgehead atoms. The van der Waals surface area contributed by atoms with E-state index in [1.54, 1.807) is 18.2 Å². The Morgan fingerprint density at radius 1 is 1.19 bits per heavy atom. The molecule has 1 aliphatic rings. The molecular formula is C19H21N3O4. The van der Waals surface area contributed by atoms with E-state index in [4.69, 9.17) is 4.42 Å². The number of amides is 3. The first kappa shape index (κ1) is 17.7. The topological polar surface area (TPSA) is 91.7 Å². The molecule has 3 amide bonds. The van der Waals surface area contributed by atoms with E-state index in [2.05, 4.69) is 10.6 Å². The summed E-state index contributed by atoms with van der Waals surface area (Å²) in [6.45, 7) is 1.56. The van der Waals surface area contributed by atoms with Crippen LogP contribution in [0.5, 0.6) is 0 Å². The van der Waals surface area contributed by atoms with Gasteiger partial charge in [-0.1, -0.05) is 12.1 Å². The first-order chi connectivity index (χ1) is 12.6. The molecule has 7 nitrogen and oxygen atoms in total. The number of carbonyl (C=O) groups excluding carboxylic acids is 3. The van der Waals surface area contributed by atoms with E-state index in [9.17, 15) is 14.4 Å². The van der Waals surface area contributed by atoms with Crippen molar-refractivity contribution in [1.82, 2.24) is 10.2 Å². The van der Waals surface area contributed by atoms with Crippen molar-refractivity contribution in [3.8, 4) is 0 Å². The standard InChI is InChI=1S/C19H21N3O4/c23-17(8-9-20-19(25)16-6-3-11-26-16)21-15-5-1-4-14(12-15)13-22-10-2-7-18(22)24/h1,3-6,11-12H,2,7-10,13H2,(H,20,25)(H,21,23). The predicted octanol–water partition coefficient (Wildman–Crippen LogP) is 2.16. The average molecular weight is 355 g/mol. The van der Waals surface area contributed by atoms with Crippen LogP contribution >= 0.6 is 0 Å². The first-order valence-corrected chi connectivity index (χ1v) is 8.60. The Bertz CT molecular complexity index is 786. The molecule has 2 N–H and O–H groups in total. The highest BCUT2D eigenvalue weighted by Gasteiger charge is 2.20. The second-order valence-electron chi connectivity index (χ2n) is 6.15. The third kappa shape index (κ3) is 4.72. The van der Waals surface area contributed by atoms with Crippen molar-refractivity contribution in [2.75, 3.05) is 18.4 Å². The van der Waals surface area contributed by atoms with Gasteiger partial charge >= 0.3 is 0 Å². The van der Waals surface area contributed by atoms with E-state index in [1.807, 2.05) is 23.1 Å². The smallest absolute Gasteiger partial charge is 0.286 e. The molecule has 7 heteroatoms. The molecule has 0 aliphatic carbocycles. The van der Waals surface area contributed by atoms with E-state index >= 15 is 0 Å². The largest absolute Gasteiger partial charge is 0.459 e. The van der Waals surface area contributed by atoms with Gasteiger partial charge in [0.05, 0.1) is 6.26 Å². The number of carbonyl (C=O) groups is 3. The first-order valence-electron chi connectivity index (χ1n) is 8.60. The molecule has 2 aromatic rings. The number of hydrogen-bond acceptors (Lipinski definition) is 4. The number of likely N-dealkylation sites (tertiary alicyclic amines) is 1. The maximum Gasteiger partial charge on any atom is 0.286 e. The summed E-state index contributed by atoms with van der Waals surface area (Å²) in [7, 11) is 0. The third-order valence-electron chi connectivity index (χ3n) is 4.14. The van der Waals surface area contributed by atoms with Crippen molar-refractivity contribution in [3.05, 3.63) is 54.0 Å². The van der Waals surface area contributed by atoms with Crippen LogP contribution in [0.25, 0.3) is 0 Å². The summed E-state index contributed by atoms with van der Waals surface area (Å²) >= 11 is 0. The van der Waals surface area contributed by atoms with Crippen molar-refractivity contribution < 1.29 is 18.8 Å². The summed E-state index contributed by atoms with van der Waals surface area (Å²) in [5.41, 5.74) is 1.65. The number of rotatable bonds is 7. The lowest BCUT2D eigenvalue weighted by Crippen LogP contribution is -2.27. The molecular weight excluding hydrogens is 334 g/mol. The molecule has 26 heavy (non-hydrogen) atoms. The maximum absolute atomic E-state index is 12.0. The average Bonchev–Trinajstić information content (AvgIpc) is 3.28. The molecule has 2 heterocycles. The Balaban J connectivity index is 1.46. The third-order valence-corrected chi connectivity index (χ3v) is 4.14. The molecule has 1 aromatic heterocycles. The van der Waals surface area contributed by atoms with E-state index in [0.29, 0.717) is 18.7 Å². The monoisotopic (exact) mass is 355 g/mol. The van der Waals surface area contributed by atoms with Gasteiger partial charge in [0.15, 0.2) is 5.76 Å². The van der Waals surface area contributed by atoms with Gasteiger partial charge in [0.1, 0.15) is 0 Å². The Labute approximate surface area is 151 Å². The fourth-order valence-electron chi connectivity index (χ4n) is 2.85. The minimum absolute atomic E-state index is 0.154. The second kappa shape index (κ2) is 8.33. The quantitative estimate of drug-likeness (QED) is 0.796. The van der Waals surface area contributed by atoms with Crippen molar-refractivity contribution in [2.45, 2.75) is 25.8 Å². The van der Waals surface area contributed by atoms with Gasteiger partial charge in [-0.25, -0.2) is 0 Å². The minimum Gasteiger partial charge on any atom is -0.459 e. The SMILES string of the molecule is O=C(CCNC(=O)c1ccco1)Nc1cccc(CN2CCCC2=O)c1. The van der Waals surface area contributed by atoms with Crippen LogP contribution in [0.4, 0.5) is 5.69 Å². The fraction of sp³-hybridized carbons (Fsp3) is 0.316. The molecule has 0 radical (unpaired) electrons. The van der Waals surface area contributed by atoms with Crippen molar-refractivity contribution in [2.24, 2.45) is 0 Å². The van der Waals surface area contributed by atoms with E-state index in [1.165, 1.54) is 6.26 Å². The molecule has 1 aliphatic heterocycles. The fourth-order valence-corrected chi connectivity index (χ4v) is 2.85. The van der Waals surface area contributed by atoms with Gasteiger partial charge in [-0.3, -0.25) is 14.4 Å². The number of nitrogens with zero attached hydrogens (tertiary/aromatic N) is 1. The summed E-state index contributed by atoms with van der Waals surface area (Å²) < 4.78 is 4.98. The van der Waals surface area contributed by atoms with Crippen LogP contribution in [-0.2, 0) is 16.1 Å². The lowest BCUT2D eigenvalue weighted by Gasteiger charge is -2.16. The minimum atomic E-state index is -0.347. The lowest BCUT2D eigenvalue weighted by molar-refractivity contribution is -0.128. The second-order valence-corrected chi connectivity index (χ2v) is 6.15. The molecule has 136 valence electrons. The van der Waals surface area contributed by atoms with Crippen molar-refractivity contribution >= 4 is 23.4 Å². The summed E-state index contributed by atoms with van der Waals surface area (Å²) in [4.78, 5) is 37.3. The van der Waals surface area contributed by atoms with E-state index in [0.717, 1.165) is 18.5 Å². The zero-order chi connectivity index (χ0) is 18.4. The van der Waals surface area contributed by atoms with Gasteiger partial charge in [0.2, 0.25) is 11.8 Å². The van der Waals surface area contributed by atoms with Crippen LogP contribution in [-0.4, -0.2) is 35.7 Å². The molecule has 1 aromatic carbocycles. The van der Waals surface area contributed by atoms with Gasteiger partial charge in [-0.15, -0.1) is 0 Å². The van der Waals surface area contributed by atoms with Crippen LogP contribution < -0.4 is 10.6 Å². The highest BCUT2D eigenvalue weighted by Crippen LogP contribution is 2.17. The Hall–Kier alpha value is -3.09. The highest BCUT2D eigenvalue weighted by atomic mass is 16.3. The Kier molecular flexibility index (Phi) is 5.68. The molecule has 0 atom stereocenters. The van der Waals surface area contributed by atoms with Crippen molar-refractivity contribution in [1.29, 1.82) is 0 Å². The van der Waals surface area contributed by atoms with Gasteiger partial charge < -0.3 is 20.0 Å².